The van der Waals surface area contributed by atoms with Crippen molar-refractivity contribution in [2.24, 2.45) is 5.92 Å². The highest BCUT2D eigenvalue weighted by Gasteiger charge is 2.20. The molecule has 168 valence electrons. The van der Waals surface area contributed by atoms with E-state index in [4.69, 9.17) is 32.7 Å². The standard InChI is InChI=1S/C24H31Cl2N3O2/c25-20-4-3-19(24(26)12-20)16-30-11-7-18-5-9-29(10-6-18)22-13-23(15-27-14-22)31-17-21-2-1-8-28-21/h3-4,12-15,18,21,28H,1-2,5-11,16-17H2/t21-/m0/s1. The van der Waals surface area contributed by atoms with Gasteiger partial charge >= 0.3 is 0 Å². The van der Waals surface area contributed by atoms with Crippen molar-refractivity contribution in [3.63, 3.8) is 0 Å². The van der Waals surface area contributed by atoms with Gasteiger partial charge in [0.2, 0.25) is 0 Å². The lowest BCUT2D eigenvalue weighted by Crippen LogP contribution is -2.34. The first kappa shape index (κ1) is 22.7. The second-order valence-corrected chi connectivity index (χ2v) is 9.33. The van der Waals surface area contributed by atoms with E-state index in [2.05, 4.69) is 21.3 Å². The van der Waals surface area contributed by atoms with E-state index in [1.54, 1.807) is 6.07 Å². The molecule has 0 unspecified atom stereocenters. The first-order chi connectivity index (χ1) is 15.2. The number of pyridine rings is 1. The third-order valence-corrected chi connectivity index (χ3v) is 6.82. The molecular weight excluding hydrogens is 433 g/mol. The van der Waals surface area contributed by atoms with Crippen molar-refractivity contribution >= 4 is 28.9 Å². The predicted octanol–water partition coefficient (Wildman–Crippen LogP) is 5.34. The van der Waals surface area contributed by atoms with Crippen molar-refractivity contribution in [3.8, 4) is 5.75 Å². The summed E-state index contributed by atoms with van der Waals surface area (Å²) in [5.74, 6) is 1.56. The first-order valence-corrected chi connectivity index (χ1v) is 12.0. The van der Waals surface area contributed by atoms with Gasteiger partial charge in [-0.1, -0.05) is 29.3 Å². The predicted molar refractivity (Wildman–Crippen MR) is 126 cm³/mol. The maximum Gasteiger partial charge on any atom is 0.139 e. The molecule has 0 radical (unpaired) electrons. The number of anilines is 1. The van der Waals surface area contributed by atoms with Crippen LogP contribution in [0.4, 0.5) is 5.69 Å². The number of hydrogen-bond donors (Lipinski definition) is 1. The SMILES string of the molecule is Clc1ccc(COCCC2CCN(c3cncc(OC[C@@H]4CCCN4)c3)CC2)c(Cl)c1. The zero-order chi connectivity index (χ0) is 21.5. The minimum absolute atomic E-state index is 0.470. The van der Waals surface area contributed by atoms with Crippen molar-refractivity contribution in [2.75, 3.05) is 37.7 Å². The van der Waals surface area contributed by atoms with Gasteiger partial charge in [0.25, 0.3) is 0 Å². The third-order valence-electron chi connectivity index (χ3n) is 6.24. The maximum atomic E-state index is 6.21. The number of aromatic nitrogens is 1. The summed E-state index contributed by atoms with van der Waals surface area (Å²) in [5.41, 5.74) is 2.14. The number of hydrogen-bond acceptors (Lipinski definition) is 5. The molecule has 1 aromatic carbocycles. The lowest BCUT2D eigenvalue weighted by Gasteiger charge is -2.33. The van der Waals surface area contributed by atoms with Gasteiger partial charge in [-0.05, 0) is 62.3 Å². The van der Waals surface area contributed by atoms with Crippen LogP contribution in [0.15, 0.2) is 36.7 Å². The number of rotatable bonds is 9. The Hall–Kier alpha value is -1.53. The maximum absolute atomic E-state index is 6.21. The molecular formula is C24H31Cl2N3O2. The van der Waals surface area contributed by atoms with E-state index >= 15 is 0 Å². The van der Waals surface area contributed by atoms with Crippen LogP contribution in [0, 0.1) is 5.92 Å². The summed E-state index contributed by atoms with van der Waals surface area (Å²) >= 11 is 12.2. The van der Waals surface area contributed by atoms with Crippen molar-refractivity contribution < 1.29 is 9.47 Å². The first-order valence-electron chi connectivity index (χ1n) is 11.3. The topological polar surface area (TPSA) is 46.6 Å². The van der Waals surface area contributed by atoms with Crippen LogP contribution in [0.3, 0.4) is 0 Å². The molecule has 0 amide bonds. The van der Waals surface area contributed by atoms with Crippen LogP contribution in [-0.2, 0) is 11.3 Å². The molecule has 1 atom stereocenters. The monoisotopic (exact) mass is 463 g/mol. The van der Waals surface area contributed by atoms with E-state index < -0.39 is 0 Å². The van der Waals surface area contributed by atoms with Crippen molar-refractivity contribution in [1.82, 2.24) is 10.3 Å². The molecule has 0 spiro atoms. The molecule has 0 saturated carbocycles. The molecule has 0 aliphatic carbocycles. The highest BCUT2D eigenvalue weighted by Crippen LogP contribution is 2.27. The van der Waals surface area contributed by atoms with Crippen LogP contribution in [0.5, 0.6) is 5.75 Å². The summed E-state index contributed by atoms with van der Waals surface area (Å²) in [6.07, 6.45) is 9.60. The summed E-state index contributed by atoms with van der Waals surface area (Å²) < 4.78 is 11.8. The normalized spacial score (nSPS) is 19.7. The quantitative estimate of drug-likeness (QED) is 0.508. The van der Waals surface area contributed by atoms with Gasteiger partial charge in [0, 0.05) is 41.8 Å². The van der Waals surface area contributed by atoms with Gasteiger partial charge in [0.1, 0.15) is 12.4 Å². The van der Waals surface area contributed by atoms with Crippen LogP contribution in [0.2, 0.25) is 10.0 Å². The highest BCUT2D eigenvalue weighted by molar-refractivity contribution is 6.35. The fourth-order valence-electron chi connectivity index (χ4n) is 4.31. The van der Waals surface area contributed by atoms with E-state index in [-0.39, 0.29) is 0 Å². The molecule has 1 aromatic heterocycles. The van der Waals surface area contributed by atoms with E-state index in [9.17, 15) is 0 Å². The summed E-state index contributed by atoms with van der Waals surface area (Å²) in [6, 6.07) is 8.14. The number of piperidine rings is 1. The zero-order valence-corrected chi connectivity index (χ0v) is 19.4. The molecule has 1 N–H and O–H groups in total. The fraction of sp³-hybridized carbons (Fsp3) is 0.542. The summed E-state index contributed by atoms with van der Waals surface area (Å²) in [7, 11) is 0. The van der Waals surface area contributed by atoms with Crippen molar-refractivity contribution in [3.05, 3.63) is 52.3 Å². The molecule has 5 nitrogen and oxygen atoms in total. The molecule has 0 bridgehead atoms. The molecule has 2 aliphatic rings. The van der Waals surface area contributed by atoms with Gasteiger partial charge in [0.05, 0.1) is 24.7 Å². The lowest BCUT2D eigenvalue weighted by molar-refractivity contribution is 0.104. The number of nitrogens with one attached hydrogen (secondary N) is 1. The van der Waals surface area contributed by atoms with Crippen molar-refractivity contribution in [2.45, 2.75) is 44.8 Å². The van der Waals surface area contributed by atoms with Crippen LogP contribution >= 0.6 is 23.2 Å². The van der Waals surface area contributed by atoms with E-state index in [0.717, 1.165) is 49.7 Å². The Balaban J connectivity index is 1.17. The van der Waals surface area contributed by atoms with Crippen molar-refractivity contribution in [1.29, 1.82) is 0 Å². The second kappa shape index (κ2) is 11.4. The van der Waals surface area contributed by atoms with Crippen LogP contribution < -0.4 is 15.0 Å². The Bertz CT molecular complexity index is 837. The van der Waals surface area contributed by atoms with Gasteiger partial charge in [-0.3, -0.25) is 4.98 Å². The van der Waals surface area contributed by atoms with Gasteiger partial charge in [-0.25, -0.2) is 0 Å². The molecule has 3 heterocycles. The molecule has 2 fully saturated rings. The molecule has 2 saturated heterocycles. The average Bonchev–Trinajstić information content (AvgIpc) is 3.31. The highest BCUT2D eigenvalue weighted by atomic mass is 35.5. The number of benzene rings is 1. The van der Waals surface area contributed by atoms with Gasteiger partial charge in [-0.15, -0.1) is 0 Å². The van der Waals surface area contributed by atoms with E-state index in [0.29, 0.717) is 35.2 Å². The zero-order valence-electron chi connectivity index (χ0n) is 17.9. The summed E-state index contributed by atoms with van der Waals surface area (Å²) in [4.78, 5) is 6.82. The minimum atomic E-state index is 0.470. The van der Waals surface area contributed by atoms with Gasteiger partial charge in [0.15, 0.2) is 0 Å². The molecule has 7 heteroatoms. The van der Waals surface area contributed by atoms with Crippen LogP contribution in [0.25, 0.3) is 0 Å². The Kier molecular flexibility index (Phi) is 8.31. The molecule has 31 heavy (non-hydrogen) atoms. The number of nitrogens with zero attached hydrogens (tertiary/aromatic N) is 2. The Morgan fingerprint density at radius 1 is 1.10 bits per heavy atom. The largest absolute Gasteiger partial charge is 0.490 e. The smallest absolute Gasteiger partial charge is 0.139 e. The van der Waals surface area contributed by atoms with Crippen LogP contribution in [-0.4, -0.2) is 43.9 Å². The molecule has 2 aromatic rings. The van der Waals surface area contributed by atoms with Gasteiger partial charge < -0.3 is 19.7 Å². The third kappa shape index (κ3) is 6.72. The Labute approximate surface area is 195 Å². The van der Waals surface area contributed by atoms with E-state index in [1.165, 1.54) is 25.7 Å². The Morgan fingerprint density at radius 3 is 2.74 bits per heavy atom. The molecule has 4 rings (SSSR count). The minimum Gasteiger partial charge on any atom is -0.490 e. The lowest BCUT2D eigenvalue weighted by atomic mass is 9.94. The average molecular weight is 464 g/mol. The van der Waals surface area contributed by atoms with E-state index in [1.807, 2.05) is 24.5 Å². The number of ether oxygens (including phenoxy) is 2. The number of halogens is 2. The van der Waals surface area contributed by atoms with Crippen LogP contribution in [0.1, 0.15) is 37.7 Å². The molecule has 2 aliphatic heterocycles. The fourth-order valence-corrected chi connectivity index (χ4v) is 4.77. The Morgan fingerprint density at radius 2 is 1.97 bits per heavy atom. The second-order valence-electron chi connectivity index (χ2n) is 8.49. The van der Waals surface area contributed by atoms with Gasteiger partial charge in [-0.2, -0.15) is 0 Å². The summed E-state index contributed by atoms with van der Waals surface area (Å²) in [5, 5.41) is 4.79. The summed E-state index contributed by atoms with van der Waals surface area (Å²) in [6.45, 7) is 5.19.